The summed E-state index contributed by atoms with van der Waals surface area (Å²) in [5.74, 6) is 1.43. The van der Waals surface area contributed by atoms with Crippen LogP contribution in [-0.4, -0.2) is 28.0 Å². The Bertz CT molecular complexity index is 1160. The minimum absolute atomic E-state index is 0.0589. The summed E-state index contributed by atoms with van der Waals surface area (Å²) >= 11 is 1.40. The lowest BCUT2D eigenvalue weighted by molar-refractivity contribution is 0.0901. The summed E-state index contributed by atoms with van der Waals surface area (Å²) in [6.07, 6.45) is 15.6. The van der Waals surface area contributed by atoms with Crippen LogP contribution < -0.4 is 15.0 Å². The van der Waals surface area contributed by atoms with Crippen molar-refractivity contribution in [3.63, 3.8) is 0 Å². The molecule has 2 aromatic heterocycles. The zero-order valence-corrected chi connectivity index (χ0v) is 18.8. The first-order valence-electron chi connectivity index (χ1n) is 10.6. The Morgan fingerprint density at radius 2 is 2.28 bits per heavy atom. The molecule has 0 aromatic carbocycles. The molecule has 0 bridgehead atoms. The maximum Gasteiger partial charge on any atom is 0.263 e. The molecule has 32 heavy (non-hydrogen) atoms. The van der Waals surface area contributed by atoms with E-state index in [1.807, 2.05) is 43.3 Å². The van der Waals surface area contributed by atoms with Crippen molar-refractivity contribution in [1.29, 1.82) is 0 Å². The van der Waals surface area contributed by atoms with E-state index in [9.17, 15) is 4.79 Å². The number of hydrogen-bond acceptors (Lipinski definition) is 7. The minimum Gasteiger partial charge on any atom is -0.487 e. The Morgan fingerprint density at radius 1 is 1.38 bits per heavy atom. The van der Waals surface area contributed by atoms with Crippen LogP contribution in [0, 0.1) is 0 Å². The van der Waals surface area contributed by atoms with Gasteiger partial charge in [-0.3, -0.25) is 14.7 Å². The number of ether oxygens (including phenoxy) is 2. The average molecular weight is 449 g/mol. The molecule has 3 aliphatic rings. The quantitative estimate of drug-likeness (QED) is 0.727. The first-order chi connectivity index (χ1) is 15.5. The van der Waals surface area contributed by atoms with Crippen molar-refractivity contribution in [3.8, 4) is 5.75 Å². The van der Waals surface area contributed by atoms with E-state index < -0.39 is 0 Å². The normalized spacial score (nSPS) is 19.2. The van der Waals surface area contributed by atoms with Gasteiger partial charge in [-0.05, 0) is 44.4 Å². The Balaban J connectivity index is 1.41. The van der Waals surface area contributed by atoms with Gasteiger partial charge in [-0.1, -0.05) is 23.5 Å². The highest BCUT2D eigenvalue weighted by atomic mass is 32.1. The maximum absolute atomic E-state index is 12.5. The van der Waals surface area contributed by atoms with E-state index >= 15 is 0 Å². The predicted octanol–water partition coefficient (Wildman–Crippen LogP) is 4.48. The maximum atomic E-state index is 12.5. The van der Waals surface area contributed by atoms with Crippen LogP contribution >= 0.6 is 11.3 Å². The number of allylic oxidation sites excluding steroid dienone is 2. The van der Waals surface area contributed by atoms with Crippen LogP contribution in [0.5, 0.6) is 5.75 Å². The summed E-state index contributed by atoms with van der Waals surface area (Å²) in [4.78, 5) is 24.0. The Morgan fingerprint density at radius 3 is 3.12 bits per heavy atom. The number of nitrogens with one attached hydrogen (secondary N) is 1. The topological polar surface area (TPSA) is 76.6 Å². The van der Waals surface area contributed by atoms with Crippen LogP contribution in [0.3, 0.4) is 0 Å². The molecule has 8 heteroatoms. The number of thiazole rings is 1. The van der Waals surface area contributed by atoms with Gasteiger partial charge in [0.15, 0.2) is 5.13 Å². The highest BCUT2D eigenvalue weighted by Crippen LogP contribution is 2.35. The van der Waals surface area contributed by atoms with Crippen LogP contribution in [0.15, 0.2) is 72.2 Å². The van der Waals surface area contributed by atoms with E-state index in [2.05, 4.69) is 22.5 Å². The Labute approximate surface area is 190 Å². The molecule has 1 N–H and O–H groups in total. The lowest BCUT2D eigenvalue weighted by Gasteiger charge is -2.29. The smallest absolute Gasteiger partial charge is 0.263 e. The molecule has 0 fully saturated rings. The SMILES string of the molecule is CC1(C)Cc2nc(N3C=COC(C4=C(COc5cccnc5)C=CCC4)=C3)sc2C(=O)N1. The van der Waals surface area contributed by atoms with Crippen molar-refractivity contribution in [2.45, 2.75) is 38.6 Å². The minimum atomic E-state index is -0.292. The van der Waals surface area contributed by atoms with Crippen LogP contribution in [0.1, 0.15) is 42.1 Å². The van der Waals surface area contributed by atoms with Gasteiger partial charge in [0.05, 0.1) is 18.1 Å². The Kier molecular flexibility index (Phi) is 5.30. The van der Waals surface area contributed by atoms with Gasteiger partial charge in [-0.25, -0.2) is 4.98 Å². The monoisotopic (exact) mass is 448 g/mol. The second kappa shape index (κ2) is 8.27. The van der Waals surface area contributed by atoms with Gasteiger partial charge in [-0.15, -0.1) is 0 Å². The molecular formula is C24H24N4O3S. The molecule has 5 rings (SSSR count). The molecule has 2 aromatic rings. The molecule has 2 aliphatic heterocycles. The number of fused-ring (bicyclic) bond motifs is 1. The fourth-order valence-electron chi connectivity index (χ4n) is 3.94. The third-order valence-electron chi connectivity index (χ3n) is 5.44. The number of carbonyl (C=O) groups excluding carboxylic acids is 1. The van der Waals surface area contributed by atoms with E-state index in [1.54, 1.807) is 18.7 Å². The fourth-order valence-corrected chi connectivity index (χ4v) is 4.87. The van der Waals surface area contributed by atoms with Crippen LogP contribution in [0.2, 0.25) is 0 Å². The van der Waals surface area contributed by atoms with E-state index in [1.165, 1.54) is 11.3 Å². The molecule has 1 aliphatic carbocycles. The summed E-state index contributed by atoms with van der Waals surface area (Å²) in [7, 11) is 0. The molecule has 0 spiro atoms. The second-order valence-electron chi connectivity index (χ2n) is 8.51. The number of hydrogen-bond donors (Lipinski definition) is 1. The molecule has 0 saturated carbocycles. The van der Waals surface area contributed by atoms with Gasteiger partial charge in [0.1, 0.15) is 29.3 Å². The lowest BCUT2D eigenvalue weighted by Crippen LogP contribution is -2.48. The lowest BCUT2D eigenvalue weighted by atomic mass is 9.94. The van der Waals surface area contributed by atoms with Crippen LogP contribution in [0.4, 0.5) is 5.13 Å². The predicted molar refractivity (Wildman–Crippen MR) is 123 cm³/mol. The van der Waals surface area contributed by atoms with Crippen molar-refractivity contribution in [2.75, 3.05) is 11.5 Å². The van der Waals surface area contributed by atoms with Crippen LogP contribution in [-0.2, 0) is 11.2 Å². The van der Waals surface area contributed by atoms with E-state index in [0.717, 1.165) is 46.3 Å². The summed E-state index contributed by atoms with van der Waals surface area (Å²) < 4.78 is 11.8. The number of pyridine rings is 1. The average Bonchev–Trinajstić information content (AvgIpc) is 3.22. The van der Waals surface area contributed by atoms with E-state index in [0.29, 0.717) is 17.9 Å². The highest BCUT2D eigenvalue weighted by molar-refractivity contribution is 7.17. The fraction of sp³-hybridized carbons (Fsp3) is 0.292. The van der Waals surface area contributed by atoms with Gasteiger partial charge in [0.2, 0.25) is 0 Å². The number of carbonyl (C=O) groups is 1. The largest absolute Gasteiger partial charge is 0.487 e. The third kappa shape index (κ3) is 4.18. The molecule has 164 valence electrons. The number of nitrogens with zero attached hydrogens (tertiary/aromatic N) is 3. The van der Waals surface area contributed by atoms with Crippen molar-refractivity contribution >= 4 is 22.4 Å². The number of rotatable bonds is 5. The van der Waals surface area contributed by atoms with Gasteiger partial charge in [-0.2, -0.15) is 0 Å². The molecule has 0 saturated heterocycles. The molecule has 0 radical (unpaired) electrons. The van der Waals surface area contributed by atoms with E-state index in [4.69, 9.17) is 14.5 Å². The van der Waals surface area contributed by atoms with E-state index in [-0.39, 0.29) is 11.4 Å². The highest BCUT2D eigenvalue weighted by Gasteiger charge is 2.34. The van der Waals surface area contributed by atoms with Gasteiger partial charge >= 0.3 is 0 Å². The van der Waals surface area contributed by atoms with Gasteiger partial charge in [0.25, 0.3) is 5.91 Å². The molecular weight excluding hydrogens is 424 g/mol. The first kappa shape index (κ1) is 20.5. The summed E-state index contributed by atoms with van der Waals surface area (Å²) in [5.41, 5.74) is 2.73. The molecule has 4 heterocycles. The summed E-state index contributed by atoms with van der Waals surface area (Å²) in [6.45, 7) is 4.46. The molecule has 0 unspecified atom stereocenters. The number of anilines is 1. The summed E-state index contributed by atoms with van der Waals surface area (Å²) in [6, 6.07) is 3.74. The molecule has 0 atom stereocenters. The van der Waals surface area contributed by atoms with Crippen LogP contribution in [0.25, 0.3) is 0 Å². The Hall–Kier alpha value is -3.39. The standard InChI is InChI=1S/C24H24N4O3S/c1-24(2)12-19-21(22(29)27-24)32-23(26-19)28-10-11-30-20(14-28)18-8-4-3-6-16(18)15-31-17-7-5-9-25-13-17/h3,5-7,9-11,13-14H,4,8,12,15H2,1-2H3,(H,27,29). The molecule has 1 amide bonds. The van der Waals surface area contributed by atoms with Crippen molar-refractivity contribution in [1.82, 2.24) is 15.3 Å². The second-order valence-corrected chi connectivity index (χ2v) is 9.49. The number of amides is 1. The zero-order valence-electron chi connectivity index (χ0n) is 18.0. The van der Waals surface area contributed by atoms with Gasteiger partial charge < -0.3 is 14.8 Å². The van der Waals surface area contributed by atoms with Gasteiger partial charge in [0, 0.05) is 29.9 Å². The first-order valence-corrected chi connectivity index (χ1v) is 11.4. The molecule has 7 nitrogen and oxygen atoms in total. The van der Waals surface area contributed by atoms with Crippen molar-refractivity contribution in [3.05, 3.63) is 82.8 Å². The zero-order chi connectivity index (χ0) is 22.1. The number of aromatic nitrogens is 2. The summed E-state index contributed by atoms with van der Waals surface area (Å²) in [5, 5.41) is 3.79. The van der Waals surface area contributed by atoms with Crippen molar-refractivity contribution in [2.24, 2.45) is 0 Å². The van der Waals surface area contributed by atoms with Crippen molar-refractivity contribution < 1.29 is 14.3 Å². The third-order valence-corrected chi connectivity index (χ3v) is 6.55.